The quantitative estimate of drug-likeness (QED) is 0.802. The third-order valence-corrected chi connectivity index (χ3v) is 2.94. The molecule has 0 amide bonds. The molecular formula is C13H21NO3. The van der Waals surface area contributed by atoms with Gasteiger partial charge in [-0.05, 0) is 25.8 Å². The maximum Gasteiger partial charge on any atom is 0.374 e. The Morgan fingerprint density at radius 1 is 1.47 bits per heavy atom. The van der Waals surface area contributed by atoms with Crippen molar-refractivity contribution >= 4 is 5.97 Å². The van der Waals surface area contributed by atoms with Crippen molar-refractivity contribution in [3.63, 3.8) is 0 Å². The molecule has 1 N–H and O–H groups in total. The molecule has 0 unspecified atom stereocenters. The number of rotatable bonds is 5. The zero-order valence-corrected chi connectivity index (χ0v) is 11.2. The first-order valence-corrected chi connectivity index (χ1v) is 5.86. The lowest BCUT2D eigenvalue weighted by Crippen LogP contribution is -2.29. The Labute approximate surface area is 102 Å². The Kier molecular flexibility index (Phi) is 4.75. The van der Waals surface area contributed by atoms with Gasteiger partial charge in [0, 0.05) is 11.6 Å². The van der Waals surface area contributed by atoms with Crippen LogP contribution in [0.2, 0.25) is 0 Å². The number of esters is 1. The van der Waals surface area contributed by atoms with Crippen molar-refractivity contribution in [2.45, 2.75) is 40.3 Å². The highest BCUT2D eigenvalue weighted by Crippen LogP contribution is 2.16. The summed E-state index contributed by atoms with van der Waals surface area (Å²) in [4.78, 5) is 11.4. The lowest BCUT2D eigenvalue weighted by molar-refractivity contribution is 0.0561. The minimum Gasteiger partial charge on any atom is -0.463 e. The number of hydrogen-bond acceptors (Lipinski definition) is 4. The SMILES string of the molecule is COC(=O)c1oc(CN[C@@H](C)C(C)C)cc1C. The van der Waals surface area contributed by atoms with Crippen LogP contribution in [0.1, 0.15) is 42.6 Å². The van der Waals surface area contributed by atoms with Crippen molar-refractivity contribution in [3.05, 3.63) is 23.2 Å². The average molecular weight is 239 g/mol. The van der Waals surface area contributed by atoms with Gasteiger partial charge in [0.05, 0.1) is 13.7 Å². The van der Waals surface area contributed by atoms with Crippen molar-refractivity contribution < 1.29 is 13.9 Å². The van der Waals surface area contributed by atoms with Gasteiger partial charge in [0.2, 0.25) is 5.76 Å². The molecule has 1 aromatic rings. The zero-order valence-electron chi connectivity index (χ0n) is 11.2. The molecule has 1 rings (SSSR count). The minimum absolute atomic E-state index is 0.293. The van der Waals surface area contributed by atoms with Crippen LogP contribution in [0.5, 0.6) is 0 Å². The highest BCUT2D eigenvalue weighted by Gasteiger charge is 2.16. The first-order valence-electron chi connectivity index (χ1n) is 5.86. The van der Waals surface area contributed by atoms with Crippen LogP contribution in [0.4, 0.5) is 0 Å². The van der Waals surface area contributed by atoms with Gasteiger partial charge in [-0.25, -0.2) is 4.79 Å². The van der Waals surface area contributed by atoms with Gasteiger partial charge in [0.1, 0.15) is 5.76 Å². The summed E-state index contributed by atoms with van der Waals surface area (Å²) in [5.41, 5.74) is 0.811. The molecule has 0 radical (unpaired) electrons. The van der Waals surface area contributed by atoms with Crippen LogP contribution in [-0.4, -0.2) is 19.1 Å². The molecule has 0 aliphatic carbocycles. The Bertz CT molecular complexity index is 382. The van der Waals surface area contributed by atoms with Crippen LogP contribution < -0.4 is 5.32 Å². The monoisotopic (exact) mass is 239 g/mol. The normalized spacial score (nSPS) is 12.8. The lowest BCUT2D eigenvalue weighted by atomic mass is 10.1. The van der Waals surface area contributed by atoms with Crippen LogP contribution >= 0.6 is 0 Å². The molecule has 1 atom stereocenters. The summed E-state index contributed by atoms with van der Waals surface area (Å²) < 4.78 is 10.1. The Hall–Kier alpha value is -1.29. The molecule has 0 saturated carbocycles. The summed E-state index contributed by atoms with van der Waals surface area (Å²) in [6.07, 6.45) is 0. The van der Waals surface area contributed by atoms with Crippen molar-refractivity contribution in [1.29, 1.82) is 0 Å². The van der Waals surface area contributed by atoms with E-state index < -0.39 is 5.97 Å². The van der Waals surface area contributed by atoms with E-state index in [-0.39, 0.29) is 0 Å². The second-order valence-corrected chi connectivity index (χ2v) is 4.63. The molecule has 0 bridgehead atoms. The molecule has 17 heavy (non-hydrogen) atoms. The van der Waals surface area contributed by atoms with Crippen LogP contribution in [-0.2, 0) is 11.3 Å². The van der Waals surface area contributed by atoms with Crippen LogP contribution in [0.15, 0.2) is 10.5 Å². The van der Waals surface area contributed by atoms with E-state index in [1.807, 2.05) is 13.0 Å². The molecule has 0 aromatic carbocycles. The van der Waals surface area contributed by atoms with Gasteiger partial charge in [-0.2, -0.15) is 0 Å². The van der Waals surface area contributed by atoms with Gasteiger partial charge >= 0.3 is 5.97 Å². The molecule has 0 aliphatic rings. The van der Waals surface area contributed by atoms with Gasteiger partial charge in [-0.1, -0.05) is 13.8 Å². The lowest BCUT2D eigenvalue weighted by Gasteiger charge is -2.16. The molecular weight excluding hydrogens is 218 g/mol. The first-order chi connectivity index (χ1) is 7.95. The number of carbonyl (C=O) groups excluding carboxylic acids is 1. The summed E-state index contributed by atoms with van der Waals surface area (Å²) in [6, 6.07) is 2.27. The number of methoxy groups -OCH3 is 1. The van der Waals surface area contributed by atoms with Crippen molar-refractivity contribution in [2.24, 2.45) is 5.92 Å². The molecule has 0 aliphatic heterocycles. The number of hydrogen-bond donors (Lipinski definition) is 1. The maximum atomic E-state index is 11.4. The highest BCUT2D eigenvalue weighted by atomic mass is 16.5. The van der Waals surface area contributed by atoms with Gasteiger partial charge in [-0.3, -0.25) is 0 Å². The van der Waals surface area contributed by atoms with Crippen LogP contribution in [0.25, 0.3) is 0 Å². The topological polar surface area (TPSA) is 51.5 Å². The smallest absolute Gasteiger partial charge is 0.374 e. The van der Waals surface area contributed by atoms with Gasteiger partial charge < -0.3 is 14.5 Å². The largest absolute Gasteiger partial charge is 0.463 e. The molecule has 1 heterocycles. The van der Waals surface area contributed by atoms with Crippen LogP contribution in [0, 0.1) is 12.8 Å². The number of carbonyl (C=O) groups is 1. The van der Waals surface area contributed by atoms with E-state index in [4.69, 9.17) is 4.42 Å². The predicted octanol–water partition coefficient (Wildman–Crippen LogP) is 2.51. The van der Waals surface area contributed by atoms with Crippen molar-refractivity contribution in [1.82, 2.24) is 5.32 Å². The maximum absolute atomic E-state index is 11.4. The van der Waals surface area contributed by atoms with E-state index in [1.54, 1.807) is 0 Å². The fraction of sp³-hybridized carbons (Fsp3) is 0.615. The third kappa shape index (κ3) is 3.60. The Morgan fingerprint density at radius 3 is 2.65 bits per heavy atom. The number of nitrogens with one attached hydrogen (secondary N) is 1. The van der Waals surface area contributed by atoms with Gasteiger partial charge in [-0.15, -0.1) is 0 Å². The zero-order chi connectivity index (χ0) is 13.0. The number of ether oxygens (including phenoxy) is 1. The number of furan rings is 1. The molecule has 0 fully saturated rings. The molecule has 4 nitrogen and oxygen atoms in total. The van der Waals surface area contributed by atoms with Crippen LogP contribution in [0.3, 0.4) is 0 Å². The van der Waals surface area contributed by atoms with Gasteiger partial charge in [0.25, 0.3) is 0 Å². The van der Waals surface area contributed by atoms with E-state index in [9.17, 15) is 4.79 Å². The molecule has 0 spiro atoms. The summed E-state index contributed by atoms with van der Waals surface area (Å²) in [6.45, 7) is 8.90. The molecule has 4 heteroatoms. The number of aryl methyl sites for hydroxylation is 1. The highest BCUT2D eigenvalue weighted by molar-refractivity contribution is 5.87. The fourth-order valence-electron chi connectivity index (χ4n) is 1.43. The Balaban J connectivity index is 2.65. The van der Waals surface area contributed by atoms with E-state index in [0.29, 0.717) is 24.3 Å². The molecule has 96 valence electrons. The molecule has 0 saturated heterocycles. The summed E-state index contributed by atoms with van der Waals surface area (Å²) >= 11 is 0. The van der Waals surface area contributed by atoms with E-state index in [1.165, 1.54) is 7.11 Å². The molecule has 1 aromatic heterocycles. The van der Waals surface area contributed by atoms with E-state index >= 15 is 0 Å². The fourth-order valence-corrected chi connectivity index (χ4v) is 1.43. The van der Waals surface area contributed by atoms with E-state index in [2.05, 4.69) is 30.8 Å². The summed E-state index contributed by atoms with van der Waals surface area (Å²) in [7, 11) is 1.35. The van der Waals surface area contributed by atoms with Crippen molar-refractivity contribution in [3.8, 4) is 0 Å². The second kappa shape index (κ2) is 5.87. The van der Waals surface area contributed by atoms with Crippen molar-refractivity contribution in [2.75, 3.05) is 7.11 Å². The van der Waals surface area contributed by atoms with E-state index in [0.717, 1.165) is 11.3 Å². The predicted molar refractivity (Wildman–Crippen MR) is 65.9 cm³/mol. The standard InChI is InChI=1S/C13H21NO3/c1-8(2)10(4)14-7-11-6-9(3)12(17-11)13(15)16-5/h6,8,10,14H,7H2,1-5H3/t10-/m0/s1. The van der Waals surface area contributed by atoms with Gasteiger partial charge in [0.15, 0.2) is 0 Å². The average Bonchev–Trinajstić information content (AvgIpc) is 2.66. The summed E-state index contributed by atoms with van der Waals surface area (Å²) in [5.74, 6) is 1.19. The third-order valence-electron chi connectivity index (χ3n) is 2.94. The minimum atomic E-state index is -0.425. The second-order valence-electron chi connectivity index (χ2n) is 4.63. The first kappa shape index (κ1) is 13.8. The Morgan fingerprint density at radius 2 is 2.12 bits per heavy atom. The summed E-state index contributed by atoms with van der Waals surface area (Å²) in [5, 5.41) is 3.35.